The van der Waals surface area contributed by atoms with Crippen LogP contribution in [0.15, 0.2) is 41.3 Å². The average Bonchev–Trinajstić information content (AvgIpc) is 2.16. The molecule has 0 aliphatic carbocycles. The first-order chi connectivity index (χ1) is 7.00. The van der Waals surface area contributed by atoms with Crippen molar-refractivity contribution in [3.05, 3.63) is 36.4 Å². The SMILES string of the molecule is CS(=O)(=O)c1ccc2ccccc2c1[O]. The van der Waals surface area contributed by atoms with Crippen molar-refractivity contribution in [2.75, 3.05) is 6.26 Å². The van der Waals surface area contributed by atoms with E-state index in [0.717, 1.165) is 11.6 Å². The van der Waals surface area contributed by atoms with Gasteiger partial charge in [-0.2, -0.15) is 0 Å². The van der Waals surface area contributed by atoms with Gasteiger partial charge in [0.05, 0.1) is 0 Å². The number of fused-ring (bicyclic) bond motifs is 1. The van der Waals surface area contributed by atoms with Gasteiger partial charge in [0, 0.05) is 11.6 Å². The Balaban J connectivity index is 2.88. The van der Waals surface area contributed by atoms with Crippen LogP contribution in [0.5, 0.6) is 5.75 Å². The van der Waals surface area contributed by atoms with Gasteiger partial charge in [-0.05, 0) is 11.5 Å². The topological polar surface area (TPSA) is 54.0 Å². The highest BCUT2D eigenvalue weighted by atomic mass is 32.2. The zero-order valence-corrected chi connectivity index (χ0v) is 8.91. The van der Waals surface area contributed by atoms with E-state index in [-0.39, 0.29) is 4.90 Å². The predicted molar refractivity (Wildman–Crippen MR) is 57.2 cm³/mol. The van der Waals surface area contributed by atoms with E-state index in [1.807, 2.05) is 6.07 Å². The molecule has 0 aliphatic rings. The number of benzene rings is 2. The minimum Gasteiger partial charge on any atom is -0.288 e. The summed E-state index contributed by atoms with van der Waals surface area (Å²) in [4.78, 5) is -0.138. The summed E-state index contributed by atoms with van der Waals surface area (Å²) in [6.45, 7) is 0. The third-order valence-corrected chi connectivity index (χ3v) is 3.36. The van der Waals surface area contributed by atoms with E-state index in [9.17, 15) is 13.5 Å². The zero-order chi connectivity index (χ0) is 11.1. The first kappa shape index (κ1) is 9.98. The summed E-state index contributed by atoms with van der Waals surface area (Å²) in [6.07, 6.45) is 1.04. The Bertz CT molecular complexity index is 615. The average molecular weight is 221 g/mol. The van der Waals surface area contributed by atoms with Crippen molar-refractivity contribution in [2.24, 2.45) is 0 Å². The molecule has 0 atom stereocenters. The fourth-order valence-corrected chi connectivity index (χ4v) is 2.28. The van der Waals surface area contributed by atoms with Crippen LogP contribution in [-0.4, -0.2) is 14.7 Å². The molecule has 0 aromatic heterocycles. The van der Waals surface area contributed by atoms with Gasteiger partial charge in [0.1, 0.15) is 4.90 Å². The fourth-order valence-electron chi connectivity index (χ4n) is 1.51. The van der Waals surface area contributed by atoms with Crippen LogP contribution in [0.1, 0.15) is 0 Å². The van der Waals surface area contributed by atoms with Gasteiger partial charge in [-0.25, -0.2) is 8.42 Å². The normalized spacial score (nSPS) is 11.8. The first-order valence-electron chi connectivity index (χ1n) is 4.39. The molecule has 2 aromatic carbocycles. The van der Waals surface area contributed by atoms with Crippen molar-refractivity contribution < 1.29 is 13.5 Å². The van der Waals surface area contributed by atoms with E-state index in [2.05, 4.69) is 0 Å². The van der Waals surface area contributed by atoms with Gasteiger partial charge in [-0.1, -0.05) is 30.3 Å². The molecule has 1 radical (unpaired) electrons. The molecule has 0 heterocycles. The number of hydrogen-bond acceptors (Lipinski definition) is 2. The predicted octanol–water partition coefficient (Wildman–Crippen LogP) is 2.39. The van der Waals surface area contributed by atoms with E-state index in [4.69, 9.17) is 0 Å². The van der Waals surface area contributed by atoms with Crippen LogP contribution in [0.3, 0.4) is 0 Å². The van der Waals surface area contributed by atoms with Gasteiger partial charge in [-0.15, -0.1) is 0 Å². The minimum atomic E-state index is -3.44. The number of sulfone groups is 1. The molecular formula is C11H9O3S. The van der Waals surface area contributed by atoms with Gasteiger partial charge in [-0.3, -0.25) is 5.11 Å². The summed E-state index contributed by atoms with van der Waals surface area (Å²) in [5.41, 5.74) is 0. The summed E-state index contributed by atoms with van der Waals surface area (Å²) in [5, 5.41) is 13.0. The highest BCUT2D eigenvalue weighted by molar-refractivity contribution is 7.90. The minimum absolute atomic E-state index is 0.138. The van der Waals surface area contributed by atoms with E-state index in [0.29, 0.717) is 5.39 Å². The molecule has 0 unspecified atom stereocenters. The lowest BCUT2D eigenvalue weighted by atomic mass is 10.1. The maximum Gasteiger partial charge on any atom is 0.205 e. The summed E-state index contributed by atoms with van der Waals surface area (Å²) >= 11 is 0. The van der Waals surface area contributed by atoms with Crippen LogP contribution >= 0.6 is 0 Å². The Morgan fingerprint density at radius 3 is 2.33 bits per heavy atom. The van der Waals surface area contributed by atoms with Crippen molar-refractivity contribution in [2.45, 2.75) is 4.90 Å². The molecule has 15 heavy (non-hydrogen) atoms. The Morgan fingerprint density at radius 2 is 1.67 bits per heavy atom. The quantitative estimate of drug-likeness (QED) is 0.742. The molecule has 0 aliphatic heterocycles. The van der Waals surface area contributed by atoms with Crippen LogP contribution in [-0.2, 0) is 14.9 Å². The van der Waals surface area contributed by atoms with Crippen molar-refractivity contribution in [1.29, 1.82) is 0 Å². The monoisotopic (exact) mass is 221 g/mol. The molecule has 0 spiro atoms. The first-order valence-corrected chi connectivity index (χ1v) is 6.28. The second-order valence-electron chi connectivity index (χ2n) is 3.39. The van der Waals surface area contributed by atoms with Crippen LogP contribution in [0.25, 0.3) is 10.8 Å². The lowest BCUT2D eigenvalue weighted by Crippen LogP contribution is -1.97. The molecule has 0 saturated heterocycles. The summed E-state index contributed by atoms with van der Waals surface area (Å²) in [7, 11) is -3.44. The second kappa shape index (κ2) is 3.24. The van der Waals surface area contributed by atoms with Crippen LogP contribution in [0.2, 0.25) is 0 Å². The molecule has 77 valence electrons. The molecule has 0 N–H and O–H groups in total. The lowest BCUT2D eigenvalue weighted by Gasteiger charge is -2.03. The smallest absolute Gasteiger partial charge is 0.205 e. The van der Waals surface area contributed by atoms with Gasteiger partial charge in [0.2, 0.25) is 5.75 Å². The highest BCUT2D eigenvalue weighted by Crippen LogP contribution is 2.31. The van der Waals surface area contributed by atoms with Gasteiger partial charge in [0.25, 0.3) is 0 Å². The molecule has 0 saturated carbocycles. The standard InChI is InChI=1S/C11H9O3S/c1-15(13,14)10-7-6-8-4-2-3-5-9(8)11(10)12/h2-7H,1H3. The largest absolute Gasteiger partial charge is 0.288 e. The molecule has 0 fully saturated rings. The Kier molecular flexibility index (Phi) is 2.16. The molecule has 2 rings (SSSR count). The van der Waals surface area contributed by atoms with Crippen molar-refractivity contribution >= 4 is 20.6 Å². The molecule has 2 aromatic rings. The lowest BCUT2D eigenvalue weighted by molar-refractivity contribution is 0.349. The van der Waals surface area contributed by atoms with Gasteiger partial charge < -0.3 is 0 Å². The molecule has 0 amide bonds. The summed E-state index contributed by atoms with van der Waals surface area (Å²) in [6, 6.07) is 9.94. The maximum atomic E-state index is 11.8. The van der Waals surface area contributed by atoms with E-state index >= 15 is 0 Å². The molecule has 0 bridgehead atoms. The van der Waals surface area contributed by atoms with Crippen LogP contribution in [0.4, 0.5) is 0 Å². The van der Waals surface area contributed by atoms with Gasteiger partial charge in [0.15, 0.2) is 9.84 Å². The maximum absolute atomic E-state index is 11.8. The van der Waals surface area contributed by atoms with Crippen LogP contribution in [0, 0.1) is 0 Å². The molecular weight excluding hydrogens is 212 g/mol. The Hall–Kier alpha value is -1.55. The molecule has 3 nitrogen and oxygen atoms in total. The van der Waals surface area contributed by atoms with Crippen molar-refractivity contribution in [3.8, 4) is 5.75 Å². The summed E-state index contributed by atoms with van der Waals surface area (Å²) in [5.74, 6) is -0.421. The van der Waals surface area contributed by atoms with Crippen LogP contribution < -0.4 is 0 Å². The number of hydrogen-bond donors (Lipinski definition) is 0. The second-order valence-corrected chi connectivity index (χ2v) is 5.37. The van der Waals surface area contributed by atoms with Crippen molar-refractivity contribution in [3.63, 3.8) is 0 Å². The zero-order valence-electron chi connectivity index (χ0n) is 8.10. The highest BCUT2D eigenvalue weighted by Gasteiger charge is 2.16. The number of rotatable bonds is 1. The summed E-state index contributed by atoms with van der Waals surface area (Å²) < 4.78 is 22.6. The van der Waals surface area contributed by atoms with Crippen molar-refractivity contribution in [1.82, 2.24) is 0 Å². The fraction of sp³-hybridized carbons (Fsp3) is 0.0909. The van der Waals surface area contributed by atoms with E-state index in [1.54, 1.807) is 24.3 Å². The van der Waals surface area contributed by atoms with Gasteiger partial charge >= 0.3 is 0 Å². The Morgan fingerprint density at radius 1 is 1.00 bits per heavy atom. The van der Waals surface area contributed by atoms with E-state index < -0.39 is 15.6 Å². The third kappa shape index (κ3) is 1.68. The third-order valence-electron chi connectivity index (χ3n) is 2.24. The molecule has 4 heteroatoms. The Labute approximate surface area is 87.9 Å². The van der Waals surface area contributed by atoms with E-state index in [1.165, 1.54) is 6.07 Å².